The third-order valence-corrected chi connectivity index (χ3v) is 4.84. The van der Waals surface area contributed by atoms with Crippen LogP contribution in [0.3, 0.4) is 0 Å². The van der Waals surface area contributed by atoms with Crippen molar-refractivity contribution in [3.8, 4) is 0 Å². The predicted molar refractivity (Wildman–Crippen MR) is 98.5 cm³/mol. The molecule has 0 bridgehead atoms. The smallest absolute Gasteiger partial charge is 0.260 e. The summed E-state index contributed by atoms with van der Waals surface area (Å²) in [6, 6.07) is 13.8. The van der Waals surface area contributed by atoms with Gasteiger partial charge in [0.15, 0.2) is 5.50 Å². The number of benzene rings is 2. The van der Waals surface area contributed by atoms with E-state index in [1.807, 2.05) is 62.4 Å². The molecule has 0 saturated carbocycles. The van der Waals surface area contributed by atoms with Gasteiger partial charge < -0.3 is 10.6 Å². The first-order chi connectivity index (χ1) is 11.0. The Kier molecular flexibility index (Phi) is 4.64. The molecule has 1 fully saturated rings. The van der Waals surface area contributed by atoms with E-state index in [0.717, 1.165) is 16.8 Å². The molecule has 118 valence electrons. The first kappa shape index (κ1) is 16.0. The van der Waals surface area contributed by atoms with Crippen LogP contribution in [0.1, 0.15) is 16.7 Å². The highest BCUT2D eigenvalue weighted by molar-refractivity contribution is 8.05. The van der Waals surface area contributed by atoms with Gasteiger partial charge in [0.1, 0.15) is 0 Å². The summed E-state index contributed by atoms with van der Waals surface area (Å²) in [6.45, 7) is 4.03. The highest BCUT2D eigenvalue weighted by atomic mass is 35.5. The molecule has 1 saturated heterocycles. The molecule has 2 aromatic carbocycles. The van der Waals surface area contributed by atoms with Gasteiger partial charge in [-0.3, -0.25) is 4.79 Å². The zero-order valence-corrected chi connectivity index (χ0v) is 14.5. The van der Waals surface area contributed by atoms with Gasteiger partial charge in [0, 0.05) is 10.7 Å². The molecule has 1 aliphatic rings. The number of rotatable bonds is 3. The van der Waals surface area contributed by atoms with Crippen LogP contribution in [0.5, 0.6) is 0 Å². The number of nitrogens with one attached hydrogen (secondary N) is 2. The van der Waals surface area contributed by atoms with Crippen molar-refractivity contribution < 1.29 is 4.79 Å². The topological polar surface area (TPSA) is 41.1 Å². The number of hydrogen-bond acceptors (Lipinski definition) is 3. The number of carbonyl (C=O) groups is 1. The summed E-state index contributed by atoms with van der Waals surface area (Å²) in [4.78, 5) is 12.8. The lowest BCUT2D eigenvalue weighted by atomic mass is 10.1. The van der Waals surface area contributed by atoms with E-state index in [2.05, 4.69) is 10.6 Å². The SMILES string of the molecule is Cc1ccc(/C=C2\SC(Nc3ccc(Cl)cc3C)NC2=O)cc1. The molecule has 0 radical (unpaired) electrons. The molecule has 2 N–H and O–H groups in total. The molecule has 5 heteroatoms. The van der Waals surface area contributed by atoms with Crippen LogP contribution in [0.25, 0.3) is 6.08 Å². The van der Waals surface area contributed by atoms with Crippen molar-refractivity contribution in [2.24, 2.45) is 0 Å². The van der Waals surface area contributed by atoms with Crippen LogP contribution in [0, 0.1) is 13.8 Å². The van der Waals surface area contributed by atoms with Crippen molar-refractivity contribution in [3.63, 3.8) is 0 Å². The fourth-order valence-electron chi connectivity index (χ4n) is 2.31. The minimum atomic E-state index is -0.181. The first-order valence-electron chi connectivity index (χ1n) is 7.30. The Morgan fingerprint density at radius 2 is 1.91 bits per heavy atom. The number of aryl methyl sites for hydroxylation is 2. The zero-order chi connectivity index (χ0) is 16.4. The van der Waals surface area contributed by atoms with Crippen LogP contribution in [0.4, 0.5) is 5.69 Å². The van der Waals surface area contributed by atoms with E-state index < -0.39 is 0 Å². The van der Waals surface area contributed by atoms with E-state index in [0.29, 0.717) is 9.93 Å². The number of thioether (sulfide) groups is 1. The van der Waals surface area contributed by atoms with Gasteiger partial charge in [0.05, 0.1) is 4.91 Å². The van der Waals surface area contributed by atoms with Crippen molar-refractivity contribution >= 4 is 41.0 Å². The molecule has 3 rings (SSSR count). The van der Waals surface area contributed by atoms with Gasteiger partial charge in [-0.25, -0.2) is 0 Å². The minimum Gasteiger partial charge on any atom is -0.356 e. The number of hydrogen-bond donors (Lipinski definition) is 2. The molecule has 1 unspecified atom stereocenters. The van der Waals surface area contributed by atoms with Crippen molar-refractivity contribution in [1.29, 1.82) is 0 Å². The van der Waals surface area contributed by atoms with Gasteiger partial charge >= 0.3 is 0 Å². The lowest BCUT2D eigenvalue weighted by Crippen LogP contribution is -2.31. The summed E-state index contributed by atoms with van der Waals surface area (Å²) in [5, 5.41) is 6.97. The Morgan fingerprint density at radius 1 is 1.17 bits per heavy atom. The third kappa shape index (κ3) is 3.89. The molecule has 1 amide bonds. The van der Waals surface area contributed by atoms with Crippen molar-refractivity contribution in [2.45, 2.75) is 19.3 Å². The van der Waals surface area contributed by atoms with Crippen LogP contribution in [0.15, 0.2) is 47.4 Å². The maximum Gasteiger partial charge on any atom is 0.260 e. The van der Waals surface area contributed by atoms with Gasteiger partial charge in [-0.05, 0) is 49.2 Å². The molecule has 0 spiro atoms. The highest BCUT2D eigenvalue weighted by Crippen LogP contribution is 2.31. The van der Waals surface area contributed by atoms with Crippen LogP contribution >= 0.6 is 23.4 Å². The Bertz CT molecular complexity index is 771. The van der Waals surface area contributed by atoms with Crippen LogP contribution in [-0.2, 0) is 4.79 Å². The van der Waals surface area contributed by atoms with Crippen molar-refractivity contribution in [3.05, 3.63) is 69.1 Å². The molecule has 1 heterocycles. The summed E-state index contributed by atoms with van der Waals surface area (Å²) in [7, 11) is 0. The summed E-state index contributed by atoms with van der Waals surface area (Å²) in [5.41, 5.74) is 4.05. The first-order valence-corrected chi connectivity index (χ1v) is 8.55. The molecular weight excluding hydrogens is 328 g/mol. The number of halogens is 1. The largest absolute Gasteiger partial charge is 0.356 e. The Balaban J connectivity index is 1.73. The zero-order valence-electron chi connectivity index (χ0n) is 12.9. The lowest BCUT2D eigenvalue weighted by molar-refractivity contribution is -0.116. The maximum absolute atomic E-state index is 12.1. The maximum atomic E-state index is 12.1. The van der Waals surface area contributed by atoms with E-state index in [-0.39, 0.29) is 11.4 Å². The number of anilines is 1. The van der Waals surface area contributed by atoms with Gasteiger partial charge in [0.25, 0.3) is 5.91 Å². The second-order valence-electron chi connectivity index (χ2n) is 5.49. The molecule has 0 aliphatic carbocycles. The van der Waals surface area contributed by atoms with E-state index in [1.54, 1.807) is 0 Å². The normalized spacial score (nSPS) is 19.0. The second-order valence-corrected chi connectivity index (χ2v) is 7.08. The fraction of sp³-hybridized carbons (Fsp3) is 0.167. The Labute approximate surface area is 145 Å². The van der Waals surface area contributed by atoms with Crippen LogP contribution < -0.4 is 10.6 Å². The average Bonchev–Trinajstić information content (AvgIpc) is 2.84. The monoisotopic (exact) mass is 344 g/mol. The van der Waals surface area contributed by atoms with Gasteiger partial charge in [0.2, 0.25) is 0 Å². The molecular formula is C18H17ClN2OS. The van der Waals surface area contributed by atoms with Crippen LogP contribution in [-0.4, -0.2) is 11.4 Å². The molecule has 0 aromatic heterocycles. The van der Waals surface area contributed by atoms with Gasteiger partial charge in [-0.1, -0.05) is 53.2 Å². The standard InChI is InChI=1S/C18H17ClN2OS/c1-11-3-5-13(6-4-11)10-16-17(22)21-18(23-16)20-15-8-7-14(19)9-12(15)2/h3-10,18,20H,1-2H3,(H,21,22)/b16-10-. The molecule has 1 aliphatic heterocycles. The Morgan fingerprint density at radius 3 is 2.61 bits per heavy atom. The molecule has 2 aromatic rings. The van der Waals surface area contributed by atoms with E-state index >= 15 is 0 Å². The van der Waals surface area contributed by atoms with E-state index in [1.165, 1.54) is 17.3 Å². The van der Waals surface area contributed by atoms with Crippen LogP contribution in [0.2, 0.25) is 5.02 Å². The highest BCUT2D eigenvalue weighted by Gasteiger charge is 2.27. The van der Waals surface area contributed by atoms with Gasteiger partial charge in [-0.2, -0.15) is 0 Å². The summed E-state index contributed by atoms with van der Waals surface area (Å²) in [6.07, 6.45) is 1.91. The molecule has 23 heavy (non-hydrogen) atoms. The summed E-state index contributed by atoms with van der Waals surface area (Å²) >= 11 is 7.45. The Hall–Kier alpha value is -1.91. The lowest BCUT2D eigenvalue weighted by Gasteiger charge is -2.15. The minimum absolute atomic E-state index is 0.0558. The third-order valence-electron chi connectivity index (χ3n) is 3.58. The second kappa shape index (κ2) is 6.69. The van der Waals surface area contributed by atoms with Crippen molar-refractivity contribution in [1.82, 2.24) is 5.32 Å². The predicted octanol–water partition coefficient (Wildman–Crippen LogP) is 4.56. The molecule has 1 atom stereocenters. The van der Waals surface area contributed by atoms with E-state index in [4.69, 9.17) is 11.6 Å². The summed E-state index contributed by atoms with van der Waals surface area (Å²) < 4.78 is 0. The molecule has 3 nitrogen and oxygen atoms in total. The fourth-order valence-corrected chi connectivity index (χ4v) is 3.51. The summed E-state index contributed by atoms with van der Waals surface area (Å²) in [5.74, 6) is -0.0558. The van der Waals surface area contributed by atoms with Gasteiger partial charge in [-0.15, -0.1) is 0 Å². The average molecular weight is 345 g/mol. The number of carbonyl (C=O) groups excluding carboxylic acids is 1. The number of amides is 1. The van der Waals surface area contributed by atoms with Crippen molar-refractivity contribution in [2.75, 3.05) is 5.32 Å². The quantitative estimate of drug-likeness (QED) is 0.802. The van der Waals surface area contributed by atoms with E-state index in [9.17, 15) is 4.79 Å².